The van der Waals surface area contributed by atoms with Gasteiger partial charge in [-0.3, -0.25) is 4.79 Å². The van der Waals surface area contributed by atoms with E-state index in [-0.39, 0.29) is 5.97 Å². The molecule has 1 heterocycles. The predicted octanol–water partition coefficient (Wildman–Crippen LogP) is 4.20. The third kappa shape index (κ3) is 4.65. The van der Waals surface area contributed by atoms with Crippen LogP contribution in [0.2, 0.25) is 0 Å². The van der Waals surface area contributed by atoms with E-state index >= 15 is 0 Å². The number of esters is 1. The molecule has 0 saturated heterocycles. The maximum absolute atomic E-state index is 12.0. The lowest BCUT2D eigenvalue weighted by molar-refractivity contribution is 0.00694. The minimum Gasteiger partial charge on any atom is -0.456 e. The van der Waals surface area contributed by atoms with E-state index < -0.39 is 5.60 Å². The van der Waals surface area contributed by atoms with E-state index in [9.17, 15) is 9.59 Å². The number of ether oxygens (including phenoxy) is 2. The van der Waals surface area contributed by atoms with Crippen LogP contribution in [0.4, 0.5) is 0 Å². The Labute approximate surface area is 141 Å². The van der Waals surface area contributed by atoms with Crippen LogP contribution >= 0.6 is 0 Å². The highest BCUT2D eigenvalue weighted by atomic mass is 16.6. The van der Waals surface area contributed by atoms with Gasteiger partial charge in [-0.1, -0.05) is 6.92 Å². The van der Waals surface area contributed by atoms with Crippen molar-refractivity contribution in [2.24, 2.45) is 0 Å². The van der Waals surface area contributed by atoms with Crippen molar-refractivity contribution < 1.29 is 19.1 Å². The average molecular weight is 327 g/mol. The van der Waals surface area contributed by atoms with Gasteiger partial charge in [0.15, 0.2) is 6.29 Å². The molecule has 126 valence electrons. The summed E-state index contributed by atoms with van der Waals surface area (Å²) in [6, 6.07) is 9.97. The number of rotatable bonds is 5. The van der Waals surface area contributed by atoms with Gasteiger partial charge in [0, 0.05) is 11.6 Å². The first-order chi connectivity index (χ1) is 11.3. The molecule has 0 atom stereocenters. The van der Waals surface area contributed by atoms with E-state index in [4.69, 9.17) is 9.47 Å². The second-order valence-electron chi connectivity index (χ2n) is 6.29. The molecule has 2 rings (SSSR count). The second-order valence-corrected chi connectivity index (χ2v) is 6.29. The molecule has 0 fully saturated rings. The Morgan fingerprint density at radius 1 is 1.12 bits per heavy atom. The highest BCUT2D eigenvalue weighted by molar-refractivity contribution is 5.89. The molecule has 0 bridgehead atoms. The number of nitrogens with zero attached hydrogens (tertiary/aromatic N) is 1. The summed E-state index contributed by atoms with van der Waals surface area (Å²) in [5.41, 5.74) is 1.17. The van der Waals surface area contributed by atoms with Crippen molar-refractivity contribution in [1.82, 2.24) is 4.98 Å². The standard InChI is InChI=1S/C19H21NO4/c1-5-16-14(12-21)8-11-17(20-16)23-15-9-6-13(7-10-15)18(22)24-19(2,3)4/h6-12H,5H2,1-4H3. The first-order valence-electron chi connectivity index (χ1n) is 7.78. The van der Waals surface area contributed by atoms with Crippen molar-refractivity contribution in [1.29, 1.82) is 0 Å². The van der Waals surface area contributed by atoms with Crippen molar-refractivity contribution in [3.05, 3.63) is 53.2 Å². The average Bonchev–Trinajstić information content (AvgIpc) is 2.53. The zero-order chi connectivity index (χ0) is 17.7. The highest BCUT2D eigenvalue weighted by Crippen LogP contribution is 2.22. The third-order valence-corrected chi connectivity index (χ3v) is 3.16. The summed E-state index contributed by atoms with van der Waals surface area (Å²) in [6.45, 7) is 7.39. The number of aromatic nitrogens is 1. The molecule has 1 aromatic carbocycles. The van der Waals surface area contributed by atoms with Crippen LogP contribution in [-0.4, -0.2) is 22.8 Å². The third-order valence-electron chi connectivity index (χ3n) is 3.16. The predicted molar refractivity (Wildman–Crippen MR) is 90.7 cm³/mol. The molecule has 0 spiro atoms. The molecule has 0 radical (unpaired) electrons. The fraction of sp³-hybridized carbons (Fsp3) is 0.316. The molecule has 2 aromatic rings. The van der Waals surface area contributed by atoms with Crippen LogP contribution in [-0.2, 0) is 11.2 Å². The Morgan fingerprint density at radius 3 is 2.33 bits per heavy atom. The quantitative estimate of drug-likeness (QED) is 0.608. The van der Waals surface area contributed by atoms with E-state index in [1.165, 1.54) is 0 Å². The van der Waals surface area contributed by atoms with E-state index in [1.807, 2.05) is 27.7 Å². The number of carbonyl (C=O) groups is 2. The van der Waals surface area contributed by atoms with Gasteiger partial charge in [-0.2, -0.15) is 0 Å². The van der Waals surface area contributed by atoms with E-state index in [0.29, 0.717) is 34.9 Å². The first-order valence-corrected chi connectivity index (χ1v) is 7.78. The molecular formula is C19H21NO4. The molecule has 0 N–H and O–H groups in total. The molecule has 0 aliphatic carbocycles. The SMILES string of the molecule is CCc1nc(Oc2ccc(C(=O)OC(C)(C)C)cc2)ccc1C=O. The zero-order valence-corrected chi connectivity index (χ0v) is 14.3. The van der Waals surface area contributed by atoms with Gasteiger partial charge in [-0.05, 0) is 57.5 Å². The van der Waals surface area contributed by atoms with Gasteiger partial charge in [0.05, 0.1) is 11.3 Å². The Balaban J connectivity index is 2.12. The van der Waals surface area contributed by atoms with Crippen LogP contribution in [0, 0.1) is 0 Å². The lowest BCUT2D eigenvalue weighted by Gasteiger charge is -2.19. The van der Waals surface area contributed by atoms with Gasteiger partial charge in [-0.25, -0.2) is 9.78 Å². The van der Waals surface area contributed by atoms with Gasteiger partial charge in [0.2, 0.25) is 5.88 Å². The van der Waals surface area contributed by atoms with Gasteiger partial charge in [-0.15, -0.1) is 0 Å². The Bertz CT molecular complexity index is 730. The maximum Gasteiger partial charge on any atom is 0.338 e. The van der Waals surface area contributed by atoms with E-state index in [0.717, 1.165) is 6.29 Å². The second kappa shape index (κ2) is 7.25. The summed E-state index contributed by atoms with van der Waals surface area (Å²) in [5, 5.41) is 0. The van der Waals surface area contributed by atoms with Crippen LogP contribution in [0.25, 0.3) is 0 Å². The number of aryl methyl sites for hydroxylation is 1. The number of pyridine rings is 1. The molecule has 0 amide bonds. The molecule has 0 aliphatic rings. The summed E-state index contributed by atoms with van der Waals surface area (Å²) in [4.78, 5) is 27.2. The molecule has 0 saturated carbocycles. The lowest BCUT2D eigenvalue weighted by atomic mass is 10.1. The van der Waals surface area contributed by atoms with Crippen molar-refractivity contribution in [3.63, 3.8) is 0 Å². The van der Waals surface area contributed by atoms with Gasteiger partial charge < -0.3 is 9.47 Å². The number of hydrogen-bond acceptors (Lipinski definition) is 5. The molecule has 5 heteroatoms. The number of aldehydes is 1. The summed E-state index contributed by atoms with van der Waals surface area (Å²) in [7, 11) is 0. The molecule has 0 unspecified atom stereocenters. The molecular weight excluding hydrogens is 306 g/mol. The van der Waals surface area contributed by atoms with Crippen molar-refractivity contribution in [2.75, 3.05) is 0 Å². The Morgan fingerprint density at radius 2 is 1.79 bits per heavy atom. The minimum absolute atomic E-state index is 0.379. The normalized spacial score (nSPS) is 11.0. The smallest absolute Gasteiger partial charge is 0.338 e. The first kappa shape index (κ1) is 17.7. The molecule has 5 nitrogen and oxygen atoms in total. The van der Waals surface area contributed by atoms with E-state index in [1.54, 1.807) is 36.4 Å². The summed E-state index contributed by atoms with van der Waals surface area (Å²) >= 11 is 0. The van der Waals surface area contributed by atoms with Crippen LogP contribution in [0.15, 0.2) is 36.4 Å². The molecule has 0 aliphatic heterocycles. The van der Waals surface area contributed by atoms with Gasteiger partial charge in [0.1, 0.15) is 11.4 Å². The van der Waals surface area contributed by atoms with E-state index in [2.05, 4.69) is 4.98 Å². The summed E-state index contributed by atoms with van der Waals surface area (Å²) in [6.07, 6.45) is 1.42. The Hall–Kier alpha value is -2.69. The summed E-state index contributed by atoms with van der Waals surface area (Å²) < 4.78 is 11.0. The van der Waals surface area contributed by atoms with Crippen LogP contribution in [0.5, 0.6) is 11.6 Å². The Kier molecular flexibility index (Phi) is 5.34. The van der Waals surface area contributed by atoms with Crippen molar-refractivity contribution in [3.8, 4) is 11.6 Å². The lowest BCUT2D eigenvalue weighted by Crippen LogP contribution is -2.23. The zero-order valence-electron chi connectivity index (χ0n) is 14.3. The number of hydrogen-bond donors (Lipinski definition) is 0. The maximum atomic E-state index is 12.0. The highest BCUT2D eigenvalue weighted by Gasteiger charge is 2.17. The van der Waals surface area contributed by atoms with Crippen LogP contribution in [0.3, 0.4) is 0 Å². The van der Waals surface area contributed by atoms with Gasteiger partial charge >= 0.3 is 5.97 Å². The van der Waals surface area contributed by atoms with Crippen molar-refractivity contribution in [2.45, 2.75) is 39.7 Å². The largest absolute Gasteiger partial charge is 0.456 e. The fourth-order valence-electron chi connectivity index (χ4n) is 2.06. The molecule has 1 aromatic heterocycles. The number of benzene rings is 1. The molecule has 24 heavy (non-hydrogen) atoms. The topological polar surface area (TPSA) is 65.5 Å². The monoisotopic (exact) mass is 327 g/mol. The summed E-state index contributed by atoms with van der Waals surface area (Å²) in [5.74, 6) is 0.578. The fourth-order valence-corrected chi connectivity index (χ4v) is 2.06. The minimum atomic E-state index is -0.535. The van der Waals surface area contributed by atoms with Gasteiger partial charge in [0.25, 0.3) is 0 Å². The van der Waals surface area contributed by atoms with Crippen LogP contribution in [0.1, 0.15) is 54.1 Å². The van der Waals surface area contributed by atoms with Crippen LogP contribution < -0.4 is 4.74 Å². The van der Waals surface area contributed by atoms with Crippen molar-refractivity contribution >= 4 is 12.3 Å². The number of carbonyl (C=O) groups excluding carboxylic acids is 2.